The largest absolute Gasteiger partial charge is 0.326 e. The van der Waals surface area contributed by atoms with Gasteiger partial charge in [-0.15, -0.1) is 0 Å². The quantitative estimate of drug-likeness (QED) is 0.924. The Morgan fingerprint density at radius 1 is 1.42 bits per heavy atom. The first-order valence-electron chi connectivity index (χ1n) is 6.37. The average molecular weight is 305 g/mol. The molecule has 0 radical (unpaired) electrons. The first-order chi connectivity index (χ1) is 8.96. The second-order valence-electron chi connectivity index (χ2n) is 4.66. The molecule has 0 saturated heterocycles. The minimum Gasteiger partial charge on any atom is -0.326 e. The van der Waals surface area contributed by atoms with Crippen molar-refractivity contribution in [1.29, 1.82) is 0 Å². The Labute approximate surface area is 117 Å². The van der Waals surface area contributed by atoms with Crippen LogP contribution in [0.25, 0.3) is 0 Å². The van der Waals surface area contributed by atoms with Crippen molar-refractivity contribution in [2.75, 3.05) is 6.54 Å². The fourth-order valence-corrected chi connectivity index (χ4v) is 4.46. The molecule has 0 aromatic carbocycles. The van der Waals surface area contributed by atoms with E-state index in [1.807, 2.05) is 6.92 Å². The first-order valence-corrected chi connectivity index (χ1v) is 8.18. The molecule has 0 atom stereocenters. The zero-order valence-corrected chi connectivity index (χ0v) is 12.3. The van der Waals surface area contributed by atoms with E-state index in [-0.39, 0.29) is 16.0 Å². The van der Waals surface area contributed by atoms with Crippen LogP contribution >= 0.6 is 11.6 Å². The minimum absolute atomic E-state index is 0.0471. The Morgan fingerprint density at radius 2 is 2.05 bits per heavy atom. The SMILES string of the molecule is CCN(C1CCCC1)S(=O)(=O)c1c[nH]c(=O)c(Cl)c1. The van der Waals surface area contributed by atoms with Gasteiger partial charge >= 0.3 is 0 Å². The van der Waals surface area contributed by atoms with Crippen LogP contribution in [0.15, 0.2) is 22.0 Å². The van der Waals surface area contributed by atoms with Crippen molar-refractivity contribution in [3.8, 4) is 0 Å². The summed E-state index contributed by atoms with van der Waals surface area (Å²) in [7, 11) is -3.60. The molecule has 1 saturated carbocycles. The molecule has 106 valence electrons. The van der Waals surface area contributed by atoms with Crippen molar-refractivity contribution in [3.05, 3.63) is 27.6 Å². The fraction of sp³-hybridized carbons (Fsp3) is 0.583. The molecule has 0 amide bonds. The smallest absolute Gasteiger partial charge is 0.266 e. The van der Waals surface area contributed by atoms with Crippen molar-refractivity contribution in [1.82, 2.24) is 9.29 Å². The van der Waals surface area contributed by atoms with Crippen molar-refractivity contribution in [3.63, 3.8) is 0 Å². The van der Waals surface area contributed by atoms with Gasteiger partial charge in [-0.25, -0.2) is 8.42 Å². The lowest BCUT2D eigenvalue weighted by atomic mass is 10.2. The van der Waals surface area contributed by atoms with E-state index in [1.165, 1.54) is 16.6 Å². The van der Waals surface area contributed by atoms with E-state index in [1.54, 1.807) is 0 Å². The van der Waals surface area contributed by atoms with Gasteiger partial charge in [-0.2, -0.15) is 4.31 Å². The van der Waals surface area contributed by atoms with E-state index in [2.05, 4.69) is 4.98 Å². The molecule has 1 aromatic heterocycles. The van der Waals surface area contributed by atoms with Crippen molar-refractivity contribution >= 4 is 21.6 Å². The molecule has 1 aliphatic rings. The third-order valence-corrected chi connectivity index (χ3v) is 5.77. The summed E-state index contributed by atoms with van der Waals surface area (Å²) in [5.41, 5.74) is -0.482. The van der Waals surface area contributed by atoms with Gasteiger partial charge in [0.15, 0.2) is 0 Å². The molecule has 1 N–H and O–H groups in total. The van der Waals surface area contributed by atoms with Gasteiger partial charge in [-0.1, -0.05) is 31.4 Å². The van der Waals surface area contributed by atoms with Gasteiger partial charge in [-0.3, -0.25) is 4.79 Å². The van der Waals surface area contributed by atoms with Gasteiger partial charge in [0.25, 0.3) is 5.56 Å². The summed E-state index contributed by atoms with van der Waals surface area (Å²) in [6.07, 6.45) is 5.11. The topological polar surface area (TPSA) is 70.2 Å². The number of nitrogens with zero attached hydrogens (tertiary/aromatic N) is 1. The number of rotatable bonds is 4. The molecule has 0 spiro atoms. The standard InChI is InChI=1S/C12H17ClN2O3S/c1-2-15(9-5-3-4-6-9)19(17,18)10-7-11(13)12(16)14-8-10/h7-9H,2-6H2,1H3,(H,14,16). The maximum atomic E-state index is 12.6. The van der Waals surface area contributed by atoms with E-state index < -0.39 is 15.6 Å². The second-order valence-corrected chi connectivity index (χ2v) is 6.96. The van der Waals surface area contributed by atoms with Crippen LogP contribution in [0, 0.1) is 0 Å². The highest BCUT2D eigenvalue weighted by Gasteiger charge is 2.32. The zero-order chi connectivity index (χ0) is 14.0. The van der Waals surface area contributed by atoms with Crippen LogP contribution in [-0.2, 0) is 10.0 Å². The Balaban J connectivity index is 2.38. The maximum absolute atomic E-state index is 12.6. The number of sulfonamides is 1. The highest BCUT2D eigenvalue weighted by atomic mass is 35.5. The Morgan fingerprint density at radius 3 is 2.58 bits per heavy atom. The van der Waals surface area contributed by atoms with Crippen LogP contribution < -0.4 is 5.56 Å². The van der Waals surface area contributed by atoms with Gasteiger partial charge in [0.05, 0.1) is 4.90 Å². The Hall–Kier alpha value is -0.850. The summed E-state index contributed by atoms with van der Waals surface area (Å²) in [5, 5.41) is -0.108. The minimum atomic E-state index is -3.60. The van der Waals surface area contributed by atoms with E-state index in [9.17, 15) is 13.2 Å². The molecule has 0 aliphatic heterocycles. The monoisotopic (exact) mass is 304 g/mol. The number of hydrogen-bond donors (Lipinski definition) is 1. The van der Waals surface area contributed by atoms with Crippen LogP contribution in [0.4, 0.5) is 0 Å². The van der Waals surface area contributed by atoms with Crippen LogP contribution in [0.5, 0.6) is 0 Å². The van der Waals surface area contributed by atoms with Crippen LogP contribution in [0.3, 0.4) is 0 Å². The number of hydrogen-bond acceptors (Lipinski definition) is 3. The number of aromatic amines is 1. The fourth-order valence-electron chi connectivity index (χ4n) is 2.54. The first kappa shape index (κ1) is 14.6. The van der Waals surface area contributed by atoms with Crippen LogP contribution in [-0.4, -0.2) is 30.3 Å². The molecule has 2 rings (SSSR count). The zero-order valence-electron chi connectivity index (χ0n) is 10.7. The molecule has 0 unspecified atom stereocenters. The van der Waals surface area contributed by atoms with Crippen molar-refractivity contribution < 1.29 is 8.42 Å². The summed E-state index contributed by atoms with van der Waals surface area (Å²) < 4.78 is 26.6. The van der Waals surface area contributed by atoms with Gasteiger partial charge in [0, 0.05) is 18.8 Å². The lowest BCUT2D eigenvalue weighted by molar-refractivity contribution is 0.335. The van der Waals surface area contributed by atoms with E-state index in [4.69, 9.17) is 11.6 Å². The molecule has 5 nitrogen and oxygen atoms in total. The number of pyridine rings is 1. The molecule has 1 fully saturated rings. The Kier molecular flexibility index (Phi) is 4.32. The lowest BCUT2D eigenvalue weighted by Gasteiger charge is -2.26. The van der Waals surface area contributed by atoms with Gasteiger partial charge in [0.2, 0.25) is 10.0 Å². The summed E-state index contributed by atoms with van der Waals surface area (Å²) in [4.78, 5) is 13.6. The number of H-pyrrole nitrogens is 1. The van der Waals surface area contributed by atoms with Crippen molar-refractivity contribution in [2.24, 2.45) is 0 Å². The highest BCUT2D eigenvalue weighted by Crippen LogP contribution is 2.28. The number of nitrogens with one attached hydrogen (secondary N) is 1. The van der Waals surface area contributed by atoms with Crippen LogP contribution in [0.1, 0.15) is 32.6 Å². The Bertz CT molecular complexity index is 606. The summed E-state index contributed by atoms with van der Waals surface area (Å²) in [6.45, 7) is 2.24. The third kappa shape index (κ3) is 2.85. The normalized spacial score (nSPS) is 17.2. The van der Waals surface area contributed by atoms with Gasteiger partial charge < -0.3 is 4.98 Å². The summed E-state index contributed by atoms with van der Waals surface area (Å²) in [5.74, 6) is 0. The number of halogens is 1. The molecule has 7 heteroatoms. The lowest BCUT2D eigenvalue weighted by Crippen LogP contribution is -2.38. The maximum Gasteiger partial charge on any atom is 0.266 e. The van der Waals surface area contributed by atoms with E-state index >= 15 is 0 Å². The number of aromatic nitrogens is 1. The predicted octanol–water partition coefficient (Wildman–Crippen LogP) is 1.98. The van der Waals surface area contributed by atoms with Gasteiger partial charge in [0.1, 0.15) is 5.02 Å². The van der Waals surface area contributed by atoms with E-state index in [0.29, 0.717) is 6.54 Å². The molecular weight excluding hydrogens is 288 g/mol. The summed E-state index contributed by atoms with van der Waals surface area (Å²) in [6, 6.07) is 1.27. The molecule has 1 aromatic rings. The van der Waals surface area contributed by atoms with Gasteiger partial charge in [-0.05, 0) is 18.9 Å². The van der Waals surface area contributed by atoms with E-state index in [0.717, 1.165) is 25.7 Å². The molecule has 19 heavy (non-hydrogen) atoms. The molecule has 0 bridgehead atoms. The average Bonchev–Trinajstić information content (AvgIpc) is 2.86. The molecular formula is C12H17ClN2O3S. The second kappa shape index (κ2) is 5.64. The van der Waals surface area contributed by atoms with Crippen molar-refractivity contribution in [2.45, 2.75) is 43.5 Å². The molecule has 1 heterocycles. The third-order valence-electron chi connectivity index (χ3n) is 3.48. The summed E-state index contributed by atoms with van der Waals surface area (Å²) >= 11 is 5.70. The van der Waals surface area contributed by atoms with Crippen LogP contribution in [0.2, 0.25) is 5.02 Å². The highest BCUT2D eigenvalue weighted by molar-refractivity contribution is 7.89. The molecule has 1 aliphatic carbocycles. The predicted molar refractivity (Wildman–Crippen MR) is 73.9 cm³/mol.